The summed E-state index contributed by atoms with van der Waals surface area (Å²) < 4.78 is 5.66. The number of ether oxygens (including phenoxy) is 1. The molecule has 0 amide bonds. The van der Waals surface area contributed by atoms with Crippen molar-refractivity contribution in [2.45, 2.75) is 135 Å². The van der Waals surface area contributed by atoms with E-state index in [1.807, 2.05) is 0 Å². The number of carbonyl (C=O) groups is 8. The Kier molecular flexibility index (Phi) is 22.0. The van der Waals surface area contributed by atoms with E-state index in [0.717, 1.165) is 44.9 Å². The van der Waals surface area contributed by atoms with Crippen LogP contribution in [0.4, 0.5) is 0 Å². The van der Waals surface area contributed by atoms with Gasteiger partial charge in [-0.3, -0.25) is 38.4 Å². The van der Waals surface area contributed by atoms with E-state index in [1.165, 1.54) is 0 Å². The van der Waals surface area contributed by atoms with Crippen LogP contribution in [0, 0.1) is 16.2 Å². The summed E-state index contributed by atoms with van der Waals surface area (Å²) in [6, 6.07) is 0. The minimum atomic E-state index is -3.24. The molecule has 0 rings (SSSR count). The average Bonchev–Trinajstić information content (AvgIpc) is 2.97. The van der Waals surface area contributed by atoms with Gasteiger partial charge in [0.1, 0.15) is 0 Å². The zero-order chi connectivity index (χ0) is 39.1. The standard InChI is InChI=1S/C34H54O17/c35-24(36)14-10-6-3-1-2-4-8-12-16-51-17-13-9-5-7-11-15-32(18-25(37)38,19-26(39)40)34(22-29(45)46,23-30(47)48)33(31(49)50,20-27(41)42)21-28(43)44/h1-23H2,(H,35,36)(H,37,38)(H,39,40)(H,41,42)(H,43,44)(H,45,46)(H,47,48)(H,49,50). The van der Waals surface area contributed by atoms with Gasteiger partial charge < -0.3 is 45.6 Å². The molecule has 0 unspecified atom stereocenters. The molecule has 51 heavy (non-hydrogen) atoms. The van der Waals surface area contributed by atoms with Gasteiger partial charge in [0, 0.05) is 25.0 Å². The molecular weight excluding hydrogens is 680 g/mol. The lowest BCUT2D eigenvalue weighted by Crippen LogP contribution is -2.61. The number of unbranched alkanes of at least 4 members (excludes halogenated alkanes) is 11. The molecule has 0 fully saturated rings. The van der Waals surface area contributed by atoms with Gasteiger partial charge in [-0.05, 0) is 31.1 Å². The maximum absolute atomic E-state index is 12.9. The minimum Gasteiger partial charge on any atom is -0.481 e. The van der Waals surface area contributed by atoms with Crippen LogP contribution in [-0.4, -0.2) is 102 Å². The quantitative estimate of drug-likeness (QED) is 0.0410. The minimum absolute atomic E-state index is 0.0300. The van der Waals surface area contributed by atoms with Gasteiger partial charge in [0.15, 0.2) is 0 Å². The summed E-state index contributed by atoms with van der Waals surface area (Å²) in [5.41, 5.74) is -8.77. The van der Waals surface area contributed by atoms with Gasteiger partial charge in [-0.25, -0.2) is 0 Å². The van der Waals surface area contributed by atoms with Crippen molar-refractivity contribution >= 4 is 47.8 Å². The molecule has 0 radical (unpaired) electrons. The lowest BCUT2D eigenvalue weighted by Gasteiger charge is -2.56. The van der Waals surface area contributed by atoms with Gasteiger partial charge in [0.05, 0.1) is 43.9 Å². The molecule has 0 spiro atoms. The van der Waals surface area contributed by atoms with Crippen molar-refractivity contribution in [2.75, 3.05) is 13.2 Å². The largest absolute Gasteiger partial charge is 0.481 e. The third-order valence-corrected chi connectivity index (χ3v) is 9.51. The molecule has 0 aromatic heterocycles. The van der Waals surface area contributed by atoms with Gasteiger partial charge in [-0.15, -0.1) is 0 Å². The molecule has 0 aromatic carbocycles. The first kappa shape index (κ1) is 46.7. The first-order valence-corrected chi connectivity index (χ1v) is 17.2. The second-order valence-corrected chi connectivity index (χ2v) is 13.3. The molecular formula is C34H54O17. The zero-order valence-corrected chi connectivity index (χ0v) is 29.0. The highest BCUT2D eigenvalue weighted by Gasteiger charge is 2.69. The highest BCUT2D eigenvalue weighted by Crippen LogP contribution is 2.65. The van der Waals surface area contributed by atoms with Gasteiger partial charge in [-0.1, -0.05) is 64.2 Å². The highest BCUT2D eigenvalue weighted by atomic mass is 16.5. The number of hydrogen-bond donors (Lipinski definition) is 8. The molecule has 0 heterocycles. The molecule has 0 saturated carbocycles. The number of carboxylic acids is 8. The SMILES string of the molecule is O=C(O)CCCCCCCCCCOCCCCCCCC(CC(=O)O)(CC(=O)O)C(CC(=O)O)(CC(=O)O)C(CC(=O)O)(CC(=O)O)C(=O)O. The molecule has 8 N–H and O–H groups in total. The molecule has 0 aliphatic heterocycles. The Morgan fingerprint density at radius 1 is 0.373 bits per heavy atom. The summed E-state index contributed by atoms with van der Waals surface area (Å²) in [6.45, 7) is 1.02. The van der Waals surface area contributed by atoms with Crippen molar-refractivity contribution in [3.63, 3.8) is 0 Å². The van der Waals surface area contributed by atoms with Crippen molar-refractivity contribution in [3.8, 4) is 0 Å². The molecule has 0 aliphatic rings. The van der Waals surface area contributed by atoms with E-state index in [9.17, 15) is 74.1 Å². The van der Waals surface area contributed by atoms with Crippen molar-refractivity contribution in [2.24, 2.45) is 16.2 Å². The second-order valence-electron chi connectivity index (χ2n) is 13.3. The van der Waals surface area contributed by atoms with Crippen LogP contribution in [-0.2, 0) is 43.1 Å². The van der Waals surface area contributed by atoms with E-state index in [1.54, 1.807) is 0 Å². The lowest BCUT2D eigenvalue weighted by molar-refractivity contribution is -0.200. The smallest absolute Gasteiger partial charge is 0.311 e. The van der Waals surface area contributed by atoms with Crippen molar-refractivity contribution < 1.29 is 83.9 Å². The summed E-state index contributed by atoms with van der Waals surface area (Å²) in [6.07, 6.45) is 0.515. The van der Waals surface area contributed by atoms with Crippen LogP contribution in [0.1, 0.15) is 135 Å². The van der Waals surface area contributed by atoms with Gasteiger partial charge >= 0.3 is 47.8 Å². The number of rotatable bonds is 34. The Bertz CT molecular complexity index is 1130. The maximum Gasteiger partial charge on any atom is 0.311 e. The van der Waals surface area contributed by atoms with Crippen molar-refractivity contribution in [3.05, 3.63) is 0 Å². The highest BCUT2D eigenvalue weighted by molar-refractivity contribution is 5.89. The summed E-state index contributed by atoms with van der Waals surface area (Å²) in [7, 11) is 0. The first-order chi connectivity index (χ1) is 23.9. The van der Waals surface area contributed by atoms with Gasteiger partial charge in [0.2, 0.25) is 0 Å². The number of aliphatic carboxylic acids is 8. The summed E-state index contributed by atoms with van der Waals surface area (Å²) in [4.78, 5) is 96.6. The van der Waals surface area contributed by atoms with Crippen LogP contribution < -0.4 is 0 Å². The Balaban J connectivity index is 5.77. The maximum atomic E-state index is 12.9. The fourth-order valence-corrected chi connectivity index (χ4v) is 7.31. The van der Waals surface area contributed by atoms with Crippen molar-refractivity contribution in [1.29, 1.82) is 0 Å². The predicted molar refractivity (Wildman–Crippen MR) is 176 cm³/mol. The molecule has 292 valence electrons. The van der Waals surface area contributed by atoms with E-state index < -0.39 is 109 Å². The Morgan fingerprint density at radius 2 is 0.706 bits per heavy atom. The van der Waals surface area contributed by atoms with Crippen LogP contribution in [0.25, 0.3) is 0 Å². The van der Waals surface area contributed by atoms with Crippen LogP contribution in [0.3, 0.4) is 0 Å². The molecule has 0 atom stereocenters. The predicted octanol–water partition coefficient (Wildman–Crippen LogP) is 4.83. The fourth-order valence-electron chi connectivity index (χ4n) is 7.31. The monoisotopic (exact) mass is 734 g/mol. The molecule has 0 bridgehead atoms. The number of hydrogen-bond acceptors (Lipinski definition) is 9. The first-order valence-electron chi connectivity index (χ1n) is 17.2. The van der Waals surface area contributed by atoms with Gasteiger partial charge in [-0.2, -0.15) is 0 Å². The van der Waals surface area contributed by atoms with E-state index in [2.05, 4.69) is 0 Å². The van der Waals surface area contributed by atoms with Crippen LogP contribution in [0.15, 0.2) is 0 Å². The molecule has 17 nitrogen and oxygen atoms in total. The van der Waals surface area contributed by atoms with E-state index >= 15 is 0 Å². The normalized spacial score (nSPS) is 11.9. The zero-order valence-electron chi connectivity index (χ0n) is 29.0. The summed E-state index contributed by atoms with van der Waals surface area (Å²) in [5, 5.41) is 78.2. The number of carboxylic acid groups (broad SMARTS) is 8. The molecule has 0 aromatic rings. The topological polar surface area (TPSA) is 308 Å². The van der Waals surface area contributed by atoms with Crippen molar-refractivity contribution in [1.82, 2.24) is 0 Å². The van der Waals surface area contributed by atoms with Crippen LogP contribution >= 0.6 is 0 Å². The van der Waals surface area contributed by atoms with Crippen LogP contribution in [0.2, 0.25) is 0 Å². The Morgan fingerprint density at radius 3 is 1.04 bits per heavy atom. The van der Waals surface area contributed by atoms with Gasteiger partial charge in [0.25, 0.3) is 0 Å². The summed E-state index contributed by atoms with van der Waals surface area (Å²) >= 11 is 0. The third-order valence-electron chi connectivity index (χ3n) is 9.51. The molecule has 0 saturated heterocycles. The average molecular weight is 735 g/mol. The Labute approximate surface area is 296 Å². The van der Waals surface area contributed by atoms with Crippen LogP contribution in [0.5, 0.6) is 0 Å². The summed E-state index contributed by atoms with van der Waals surface area (Å²) in [5.74, 6) is -14.2. The van der Waals surface area contributed by atoms with E-state index in [0.29, 0.717) is 45.3 Å². The van der Waals surface area contributed by atoms with E-state index in [4.69, 9.17) is 9.84 Å². The fraction of sp³-hybridized carbons (Fsp3) is 0.765. The third kappa shape index (κ3) is 17.0. The second kappa shape index (κ2) is 24.0. The molecule has 0 aliphatic carbocycles. The lowest BCUT2D eigenvalue weighted by atomic mass is 9.43. The Hall–Kier alpha value is -4.28. The van der Waals surface area contributed by atoms with E-state index in [-0.39, 0.29) is 12.8 Å². The molecule has 17 heteroatoms.